The van der Waals surface area contributed by atoms with E-state index < -0.39 is 0 Å². The predicted octanol–water partition coefficient (Wildman–Crippen LogP) is 4.27. The summed E-state index contributed by atoms with van der Waals surface area (Å²) in [6, 6.07) is 11.3. The van der Waals surface area contributed by atoms with Gasteiger partial charge in [0.25, 0.3) is 5.91 Å². The highest BCUT2D eigenvalue weighted by Crippen LogP contribution is 2.26. The summed E-state index contributed by atoms with van der Waals surface area (Å²) in [4.78, 5) is 16.8. The molecule has 0 radical (unpaired) electrons. The van der Waals surface area contributed by atoms with Crippen molar-refractivity contribution in [1.29, 1.82) is 0 Å². The zero-order chi connectivity index (χ0) is 15.7. The molecule has 0 saturated carbocycles. The molecule has 2 heterocycles. The second-order valence-corrected chi connectivity index (χ2v) is 5.48. The highest BCUT2D eigenvalue weighted by atomic mass is 35.5. The van der Waals surface area contributed by atoms with Crippen LogP contribution in [0.4, 0.5) is 5.82 Å². The van der Waals surface area contributed by atoms with Crippen molar-refractivity contribution in [1.82, 2.24) is 9.55 Å². The number of nitrogens with zero attached hydrogens (tertiary/aromatic N) is 2. The summed E-state index contributed by atoms with van der Waals surface area (Å²) in [6.45, 7) is 4.72. The van der Waals surface area contributed by atoms with Gasteiger partial charge in [0.1, 0.15) is 11.5 Å². The van der Waals surface area contributed by atoms with Crippen LogP contribution >= 0.6 is 11.6 Å². The zero-order valence-corrected chi connectivity index (χ0v) is 13.2. The lowest BCUT2D eigenvalue weighted by Gasteiger charge is -2.09. The summed E-state index contributed by atoms with van der Waals surface area (Å²) in [5.41, 5.74) is 2.69. The summed E-state index contributed by atoms with van der Waals surface area (Å²) in [7, 11) is 0. The number of aromatic nitrogens is 2. The molecule has 1 aromatic carbocycles. The molecule has 0 bridgehead atoms. The monoisotopic (exact) mass is 313 g/mol. The Balaban J connectivity index is 2.05. The van der Waals surface area contributed by atoms with E-state index in [1.807, 2.05) is 42.7 Å². The number of para-hydroxylation sites is 1. The van der Waals surface area contributed by atoms with Crippen molar-refractivity contribution in [2.75, 3.05) is 5.32 Å². The van der Waals surface area contributed by atoms with Gasteiger partial charge in [-0.05, 0) is 37.6 Å². The van der Waals surface area contributed by atoms with Crippen molar-refractivity contribution in [3.63, 3.8) is 0 Å². The van der Waals surface area contributed by atoms with Gasteiger partial charge < -0.3 is 9.88 Å². The Labute approximate surface area is 133 Å². The van der Waals surface area contributed by atoms with Crippen LogP contribution in [0.2, 0.25) is 5.02 Å². The van der Waals surface area contributed by atoms with Crippen molar-refractivity contribution in [2.45, 2.75) is 20.4 Å². The second kappa shape index (κ2) is 5.81. The third kappa shape index (κ3) is 2.46. The van der Waals surface area contributed by atoms with Crippen LogP contribution in [0, 0.1) is 6.92 Å². The van der Waals surface area contributed by atoms with Gasteiger partial charge in [0.15, 0.2) is 0 Å². The molecular formula is C17H16ClN3O. The summed E-state index contributed by atoms with van der Waals surface area (Å²) in [5.74, 6) is 0.273. The molecule has 0 aliphatic heterocycles. The Kier molecular flexibility index (Phi) is 3.86. The fourth-order valence-electron chi connectivity index (χ4n) is 2.75. The lowest BCUT2D eigenvalue weighted by molar-refractivity contribution is 0.101. The molecule has 0 spiro atoms. The molecule has 2 aromatic heterocycles. The van der Waals surface area contributed by atoms with Crippen molar-refractivity contribution in [3.05, 3.63) is 58.9 Å². The third-order valence-electron chi connectivity index (χ3n) is 3.72. The van der Waals surface area contributed by atoms with E-state index in [1.165, 1.54) is 0 Å². The highest BCUT2D eigenvalue weighted by Gasteiger charge is 2.19. The minimum atomic E-state index is -0.176. The van der Waals surface area contributed by atoms with E-state index in [1.54, 1.807) is 18.3 Å². The topological polar surface area (TPSA) is 46.9 Å². The fraction of sp³-hybridized carbons (Fsp3) is 0.176. The van der Waals surface area contributed by atoms with Gasteiger partial charge >= 0.3 is 0 Å². The van der Waals surface area contributed by atoms with Crippen molar-refractivity contribution >= 4 is 34.2 Å². The molecule has 1 amide bonds. The van der Waals surface area contributed by atoms with E-state index in [-0.39, 0.29) is 5.91 Å². The number of anilines is 1. The van der Waals surface area contributed by atoms with Gasteiger partial charge in [0.05, 0.1) is 0 Å². The summed E-state index contributed by atoms with van der Waals surface area (Å²) < 4.78 is 2.02. The van der Waals surface area contributed by atoms with Crippen LogP contribution in [-0.2, 0) is 6.54 Å². The molecule has 0 aliphatic carbocycles. The van der Waals surface area contributed by atoms with Crippen molar-refractivity contribution in [3.8, 4) is 0 Å². The average Bonchev–Trinajstić information content (AvgIpc) is 2.80. The summed E-state index contributed by atoms with van der Waals surface area (Å²) >= 11 is 5.93. The Bertz CT molecular complexity index is 854. The minimum absolute atomic E-state index is 0.176. The largest absolute Gasteiger partial charge is 0.337 e. The van der Waals surface area contributed by atoms with Crippen LogP contribution < -0.4 is 5.32 Å². The zero-order valence-electron chi connectivity index (χ0n) is 12.4. The molecule has 0 saturated heterocycles. The molecule has 0 fully saturated rings. The predicted molar refractivity (Wildman–Crippen MR) is 89.5 cm³/mol. The Morgan fingerprint density at radius 1 is 1.32 bits per heavy atom. The molecule has 3 rings (SSSR count). The number of carbonyl (C=O) groups is 1. The number of pyridine rings is 1. The Morgan fingerprint density at radius 2 is 2.09 bits per heavy atom. The van der Waals surface area contributed by atoms with Gasteiger partial charge in [0.2, 0.25) is 0 Å². The van der Waals surface area contributed by atoms with E-state index in [2.05, 4.69) is 10.3 Å². The molecule has 0 aliphatic rings. The number of fused-ring (bicyclic) bond motifs is 1. The summed E-state index contributed by atoms with van der Waals surface area (Å²) in [5, 5.41) is 4.45. The number of carbonyl (C=O) groups excluding carboxylic acids is 1. The first kappa shape index (κ1) is 14.6. The molecule has 112 valence electrons. The third-order valence-corrected chi connectivity index (χ3v) is 3.95. The highest BCUT2D eigenvalue weighted by molar-refractivity contribution is 6.30. The van der Waals surface area contributed by atoms with Gasteiger partial charge in [-0.2, -0.15) is 0 Å². The molecule has 0 unspecified atom stereocenters. The van der Waals surface area contributed by atoms with Crippen LogP contribution in [-0.4, -0.2) is 15.5 Å². The Morgan fingerprint density at radius 3 is 2.82 bits per heavy atom. The molecular weight excluding hydrogens is 298 g/mol. The number of aryl methyl sites for hydroxylation is 2. The number of rotatable bonds is 3. The maximum atomic E-state index is 12.7. The molecule has 5 heteroatoms. The maximum absolute atomic E-state index is 12.7. The lowest BCUT2D eigenvalue weighted by Crippen LogP contribution is -2.18. The average molecular weight is 314 g/mol. The normalized spacial score (nSPS) is 10.9. The number of amides is 1. The second-order valence-electron chi connectivity index (χ2n) is 5.05. The van der Waals surface area contributed by atoms with E-state index in [0.717, 1.165) is 23.0 Å². The van der Waals surface area contributed by atoms with E-state index >= 15 is 0 Å². The smallest absolute Gasteiger partial charge is 0.273 e. The van der Waals surface area contributed by atoms with Gasteiger partial charge in [-0.3, -0.25) is 4.79 Å². The van der Waals surface area contributed by atoms with Crippen LogP contribution in [0.1, 0.15) is 23.0 Å². The maximum Gasteiger partial charge on any atom is 0.273 e. The van der Waals surface area contributed by atoms with E-state index in [0.29, 0.717) is 16.5 Å². The first-order valence-electron chi connectivity index (χ1n) is 7.12. The SMILES string of the molecule is CCn1c(C(=O)Nc2cc(Cl)ccn2)c(C)c2ccccc21. The fourth-order valence-corrected chi connectivity index (χ4v) is 2.91. The van der Waals surface area contributed by atoms with E-state index in [4.69, 9.17) is 11.6 Å². The van der Waals surface area contributed by atoms with Gasteiger partial charge in [-0.1, -0.05) is 29.8 Å². The number of nitrogens with one attached hydrogen (secondary N) is 1. The Hall–Kier alpha value is -2.33. The number of halogens is 1. The first-order chi connectivity index (χ1) is 10.6. The van der Waals surface area contributed by atoms with Crippen LogP contribution in [0.5, 0.6) is 0 Å². The number of hydrogen-bond donors (Lipinski definition) is 1. The first-order valence-corrected chi connectivity index (χ1v) is 7.50. The standard InChI is InChI=1S/C17H16ClN3O/c1-3-21-14-7-5-4-6-13(14)11(2)16(21)17(22)20-15-10-12(18)8-9-19-15/h4-10H,3H2,1-2H3,(H,19,20,22). The van der Waals surface area contributed by atoms with Gasteiger partial charge in [-0.25, -0.2) is 4.98 Å². The molecule has 3 aromatic rings. The van der Waals surface area contributed by atoms with Crippen LogP contribution in [0.15, 0.2) is 42.6 Å². The van der Waals surface area contributed by atoms with Gasteiger partial charge in [0, 0.05) is 28.7 Å². The van der Waals surface area contributed by atoms with Crippen molar-refractivity contribution in [2.24, 2.45) is 0 Å². The lowest BCUT2D eigenvalue weighted by atomic mass is 10.1. The molecule has 4 nitrogen and oxygen atoms in total. The minimum Gasteiger partial charge on any atom is -0.337 e. The van der Waals surface area contributed by atoms with Crippen LogP contribution in [0.25, 0.3) is 10.9 Å². The molecule has 1 N–H and O–H groups in total. The number of hydrogen-bond acceptors (Lipinski definition) is 2. The molecule has 22 heavy (non-hydrogen) atoms. The summed E-state index contributed by atoms with van der Waals surface area (Å²) in [6.07, 6.45) is 1.57. The molecule has 0 atom stereocenters. The quantitative estimate of drug-likeness (QED) is 0.785. The van der Waals surface area contributed by atoms with Gasteiger partial charge in [-0.15, -0.1) is 0 Å². The van der Waals surface area contributed by atoms with Crippen molar-refractivity contribution < 1.29 is 4.79 Å². The van der Waals surface area contributed by atoms with Crippen LogP contribution in [0.3, 0.4) is 0 Å². The number of benzene rings is 1. The van der Waals surface area contributed by atoms with E-state index in [9.17, 15) is 4.79 Å².